The second kappa shape index (κ2) is 10.2. The Bertz CT molecular complexity index is 716. The third-order valence-electron chi connectivity index (χ3n) is 4.91. The number of benzene rings is 1. The van der Waals surface area contributed by atoms with Gasteiger partial charge in [-0.2, -0.15) is 0 Å². The summed E-state index contributed by atoms with van der Waals surface area (Å²) in [6.45, 7) is 6.48. The number of carboxylic acids is 1. The van der Waals surface area contributed by atoms with Crippen molar-refractivity contribution in [1.82, 2.24) is 10.2 Å². The number of amides is 2. The molecule has 7 nitrogen and oxygen atoms in total. The van der Waals surface area contributed by atoms with Gasteiger partial charge in [0.2, 0.25) is 11.8 Å². The van der Waals surface area contributed by atoms with Gasteiger partial charge in [0.15, 0.2) is 0 Å². The van der Waals surface area contributed by atoms with Gasteiger partial charge >= 0.3 is 5.97 Å². The molecule has 1 unspecified atom stereocenters. The minimum atomic E-state index is -1.01. The molecule has 0 aromatic heterocycles. The predicted octanol–water partition coefficient (Wildman–Crippen LogP) is 2.47. The molecule has 28 heavy (non-hydrogen) atoms. The number of nitrogens with one attached hydrogen (secondary N) is 2. The fourth-order valence-corrected chi connectivity index (χ4v) is 3.13. The molecule has 0 bridgehead atoms. The lowest BCUT2D eigenvalue weighted by atomic mass is 10.1. The van der Waals surface area contributed by atoms with Crippen molar-refractivity contribution in [3.63, 3.8) is 0 Å². The van der Waals surface area contributed by atoms with Crippen LogP contribution in [0.25, 0.3) is 0 Å². The lowest BCUT2D eigenvalue weighted by Gasteiger charge is -2.22. The Balaban J connectivity index is 1.86. The van der Waals surface area contributed by atoms with Crippen molar-refractivity contribution in [3.05, 3.63) is 29.3 Å². The Morgan fingerprint density at radius 1 is 1.21 bits per heavy atom. The summed E-state index contributed by atoms with van der Waals surface area (Å²) in [6, 6.07) is 5.40. The average Bonchev–Trinajstić information content (AvgIpc) is 3.46. The zero-order chi connectivity index (χ0) is 20.7. The van der Waals surface area contributed by atoms with Gasteiger partial charge in [0.05, 0.1) is 6.54 Å². The minimum absolute atomic E-state index is 0.101. The molecule has 154 valence electrons. The van der Waals surface area contributed by atoms with Crippen LogP contribution in [-0.4, -0.2) is 53.0 Å². The standard InChI is InChI=1S/C21H31N3O4/c1-4-5-17(21(27)28)22-19(25)10-11-24(16-8-9-16)13-20(26)23-18-12-14(2)6-7-15(18)3/h6-7,12,16-17H,4-5,8-11,13H2,1-3H3,(H,22,25)(H,23,26)(H,27,28). The number of hydrogen-bond donors (Lipinski definition) is 3. The molecule has 1 fully saturated rings. The predicted molar refractivity (Wildman–Crippen MR) is 108 cm³/mol. The summed E-state index contributed by atoms with van der Waals surface area (Å²) in [7, 11) is 0. The van der Waals surface area contributed by atoms with Crippen molar-refractivity contribution in [3.8, 4) is 0 Å². The number of carbonyl (C=O) groups is 3. The van der Waals surface area contributed by atoms with Crippen LogP contribution in [0.1, 0.15) is 50.2 Å². The van der Waals surface area contributed by atoms with Gasteiger partial charge in [-0.15, -0.1) is 0 Å². The van der Waals surface area contributed by atoms with Gasteiger partial charge in [-0.1, -0.05) is 25.5 Å². The van der Waals surface area contributed by atoms with E-state index in [0.29, 0.717) is 25.4 Å². The highest BCUT2D eigenvalue weighted by Gasteiger charge is 2.30. The zero-order valence-electron chi connectivity index (χ0n) is 17.0. The molecular weight excluding hydrogens is 358 g/mol. The SMILES string of the molecule is CCCC(NC(=O)CCN(CC(=O)Nc1cc(C)ccc1C)C1CC1)C(=O)O. The van der Waals surface area contributed by atoms with Crippen LogP contribution in [0.4, 0.5) is 5.69 Å². The summed E-state index contributed by atoms with van der Waals surface area (Å²) in [5.41, 5.74) is 2.89. The molecule has 7 heteroatoms. The number of nitrogens with zero attached hydrogens (tertiary/aromatic N) is 1. The van der Waals surface area contributed by atoms with E-state index in [0.717, 1.165) is 29.7 Å². The number of hydrogen-bond acceptors (Lipinski definition) is 4. The number of aliphatic carboxylic acids is 1. The molecule has 0 radical (unpaired) electrons. The molecule has 1 aromatic carbocycles. The molecule has 0 heterocycles. The molecule has 0 saturated heterocycles. The highest BCUT2D eigenvalue weighted by Crippen LogP contribution is 2.27. The Hall–Kier alpha value is -2.41. The van der Waals surface area contributed by atoms with Gasteiger partial charge in [0.1, 0.15) is 6.04 Å². The molecule has 0 spiro atoms. The molecule has 2 amide bonds. The molecule has 2 rings (SSSR count). The van der Waals surface area contributed by atoms with Crippen LogP contribution < -0.4 is 10.6 Å². The first kappa shape index (κ1) is 21.9. The van der Waals surface area contributed by atoms with Crippen molar-refractivity contribution in [2.75, 3.05) is 18.4 Å². The molecule has 1 aliphatic rings. The number of carbonyl (C=O) groups excluding carboxylic acids is 2. The molecular formula is C21H31N3O4. The third kappa shape index (κ3) is 6.96. The van der Waals surface area contributed by atoms with Crippen molar-refractivity contribution in [2.24, 2.45) is 0 Å². The van der Waals surface area contributed by atoms with E-state index >= 15 is 0 Å². The lowest BCUT2D eigenvalue weighted by molar-refractivity contribution is -0.142. The van der Waals surface area contributed by atoms with Gasteiger partial charge < -0.3 is 15.7 Å². The van der Waals surface area contributed by atoms with Crippen LogP contribution in [-0.2, 0) is 14.4 Å². The number of carboxylic acid groups (broad SMARTS) is 1. The van der Waals surface area contributed by atoms with E-state index in [1.807, 2.05) is 43.9 Å². The number of rotatable bonds is 11. The van der Waals surface area contributed by atoms with E-state index in [9.17, 15) is 14.4 Å². The fraction of sp³-hybridized carbons (Fsp3) is 0.571. The maximum atomic E-state index is 12.5. The van der Waals surface area contributed by atoms with E-state index in [1.165, 1.54) is 0 Å². The van der Waals surface area contributed by atoms with Gasteiger partial charge in [-0.25, -0.2) is 4.79 Å². The molecule has 1 aromatic rings. The second-order valence-electron chi connectivity index (χ2n) is 7.57. The van der Waals surface area contributed by atoms with Crippen LogP contribution in [0.3, 0.4) is 0 Å². The summed E-state index contributed by atoms with van der Waals surface area (Å²) in [6.07, 6.45) is 3.31. The first-order chi connectivity index (χ1) is 13.3. The van der Waals surface area contributed by atoms with Gasteiger partial charge in [0.25, 0.3) is 0 Å². The Morgan fingerprint density at radius 2 is 1.93 bits per heavy atom. The maximum Gasteiger partial charge on any atom is 0.326 e. The number of aryl methyl sites for hydroxylation is 2. The van der Waals surface area contributed by atoms with Gasteiger partial charge in [0, 0.05) is 24.7 Å². The first-order valence-corrected chi connectivity index (χ1v) is 9.93. The van der Waals surface area contributed by atoms with Gasteiger partial charge in [-0.3, -0.25) is 14.5 Å². The topological polar surface area (TPSA) is 98.7 Å². The Labute approximate surface area is 166 Å². The van der Waals surface area contributed by atoms with Crippen LogP contribution in [0.15, 0.2) is 18.2 Å². The lowest BCUT2D eigenvalue weighted by Crippen LogP contribution is -2.43. The molecule has 3 N–H and O–H groups in total. The Kier molecular flexibility index (Phi) is 7.99. The first-order valence-electron chi connectivity index (χ1n) is 9.93. The summed E-state index contributed by atoms with van der Waals surface area (Å²) >= 11 is 0. The summed E-state index contributed by atoms with van der Waals surface area (Å²) in [5.74, 6) is -1.40. The van der Waals surface area contributed by atoms with E-state index < -0.39 is 12.0 Å². The largest absolute Gasteiger partial charge is 0.480 e. The van der Waals surface area contributed by atoms with Crippen LogP contribution in [0.2, 0.25) is 0 Å². The molecule has 1 saturated carbocycles. The fourth-order valence-electron chi connectivity index (χ4n) is 3.13. The highest BCUT2D eigenvalue weighted by molar-refractivity contribution is 5.93. The summed E-state index contributed by atoms with van der Waals surface area (Å²) in [4.78, 5) is 37.8. The normalized spacial score (nSPS) is 14.6. The average molecular weight is 389 g/mol. The van der Waals surface area contributed by atoms with E-state index in [-0.39, 0.29) is 24.8 Å². The van der Waals surface area contributed by atoms with Crippen LogP contribution in [0.5, 0.6) is 0 Å². The van der Waals surface area contributed by atoms with Crippen molar-refractivity contribution < 1.29 is 19.5 Å². The minimum Gasteiger partial charge on any atom is -0.480 e. The summed E-state index contributed by atoms with van der Waals surface area (Å²) in [5, 5.41) is 14.7. The highest BCUT2D eigenvalue weighted by atomic mass is 16.4. The number of anilines is 1. The van der Waals surface area contributed by atoms with E-state index in [4.69, 9.17) is 5.11 Å². The zero-order valence-corrected chi connectivity index (χ0v) is 17.0. The second-order valence-corrected chi connectivity index (χ2v) is 7.57. The van der Waals surface area contributed by atoms with E-state index in [2.05, 4.69) is 10.6 Å². The third-order valence-corrected chi connectivity index (χ3v) is 4.91. The quantitative estimate of drug-likeness (QED) is 0.540. The molecule has 1 aliphatic carbocycles. The van der Waals surface area contributed by atoms with Crippen LogP contribution in [0, 0.1) is 13.8 Å². The monoisotopic (exact) mass is 389 g/mol. The van der Waals surface area contributed by atoms with Crippen molar-refractivity contribution in [1.29, 1.82) is 0 Å². The maximum absolute atomic E-state index is 12.5. The van der Waals surface area contributed by atoms with Crippen molar-refractivity contribution in [2.45, 2.75) is 65.0 Å². The van der Waals surface area contributed by atoms with Crippen LogP contribution >= 0.6 is 0 Å². The molecule has 0 aliphatic heterocycles. The molecule has 1 atom stereocenters. The summed E-state index contributed by atoms with van der Waals surface area (Å²) < 4.78 is 0. The smallest absolute Gasteiger partial charge is 0.326 e. The Morgan fingerprint density at radius 3 is 2.54 bits per heavy atom. The van der Waals surface area contributed by atoms with E-state index in [1.54, 1.807) is 0 Å². The van der Waals surface area contributed by atoms with Gasteiger partial charge in [-0.05, 0) is 50.3 Å². The van der Waals surface area contributed by atoms with Crippen molar-refractivity contribution >= 4 is 23.5 Å².